The van der Waals surface area contributed by atoms with Crippen molar-refractivity contribution in [2.45, 2.75) is 31.8 Å². The first kappa shape index (κ1) is 17.7. The number of para-hydroxylation sites is 1. The molecule has 0 bridgehead atoms. The maximum Gasteiger partial charge on any atom is 0.320 e. The van der Waals surface area contributed by atoms with Crippen molar-refractivity contribution in [1.29, 1.82) is 0 Å². The lowest BCUT2D eigenvalue weighted by Crippen LogP contribution is -2.43. The second-order valence-corrected chi connectivity index (χ2v) is 5.55. The fraction of sp³-hybridized carbons (Fsp3) is 0.263. The molecule has 2 atom stereocenters. The molecular weight excluding hydrogens is 304 g/mol. The van der Waals surface area contributed by atoms with Crippen molar-refractivity contribution in [3.63, 3.8) is 0 Å². The zero-order valence-electron chi connectivity index (χ0n) is 13.6. The van der Waals surface area contributed by atoms with Gasteiger partial charge < -0.3 is 10.4 Å². The van der Waals surface area contributed by atoms with Crippen LogP contribution in [0.4, 0.5) is 5.69 Å². The first-order valence-electron chi connectivity index (χ1n) is 8.01. The highest BCUT2D eigenvalue weighted by Gasteiger charge is 2.27. The summed E-state index contributed by atoms with van der Waals surface area (Å²) in [5.41, 5.74) is 1.40. The predicted octanol–water partition coefficient (Wildman–Crippen LogP) is 3.21. The molecule has 0 fully saturated rings. The van der Waals surface area contributed by atoms with Crippen molar-refractivity contribution < 1.29 is 14.7 Å². The molecule has 0 radical (unpaired) electrons. The Hall–Kier alpha value is -2.66. The van der Waals surface area contributed by atoms with Crippen LogP contribution in [0.1, 0.15) is 31.4 Å². The van der Waals surface area contributed by atoms with E-state index in [1.165, 1.54) is 0 Å². The van der Waals surface area contributed by atoms with Gasteiger partial charge in [-0.2, -0.15) is 0 Å². The van der Waals surface area contributed by atoms with Gasteiger partial charge in [0.1, 0.15) is 12.1 Å². The summed E-state index contributed by atoms with van der Waals surface area (Å²) >= 11 is 0. The summed E-state index contributed by atoms with van der Waals surface area (Å²) in [4.78, 5) is 24.2. The van der Waals surface area contributed by atoms with Crippen molar-refractivity contribution in [3.05, 3.63) is 66.2 Å². The summed E-state index contributed by atoms with van der Waals surface area (Å²) in [5.74, 6) is -1.24. The summed E-state index contributed by atoms with van der Waals surface area (Å²) in [6.07, 6.45) is 1.17. The number of amides is 1. The molecule has 0 aliphatic carbocycles. The number of carbonyl (C=O) groups is 2. The molecule has 2 rings (SSSR count). The van der Waals surface area contributed by atoms with Gasteiger partial charge in [-0.3, -0.25) is 14.9 Å². The van der Waals surface area contributed by atoms with E-state index in [1.807, 2.05) is 55.5 Å². The number of carboxylic acid groups (broad SMARTS) is 1. The lowest BCUT2D eigenvalue weighted by Gasteiger charge is -2.23. The number of carbonyl (C=O) groups excluding carboxylic acids is 1. The number of aliphatic carboxylic acids is 1. The molecule has 0 aliphatic heterocycles. The minimum Gasteiger partial charge on any atom is -0.480 e. The third kappa shape index (κ3) is 4.93. The van der Waals surface area contributed by atoms with Crippen molar-refractivity contribution in [2.24, 2.45) is 0 Å². The molecule has 24 heavy (non-hydrogen) atoms. The Morgan fingerprint density at radius 1 is 1.00 bits per heavy atom. The van der Waals surface area contributed by atoms with Crippen LogP contribution in [-0.2, 0) is 9.59 Å². The molecule has 5 heteroatoms. The van der Waals surface area contributed by atoms with Gasteiger partial charge in [0.2, 0.25) is 5.91 Å². The first-order valence-corrected chi connectivity index (χ1v) is 8.01. The Balaban J connectivity index is 2.22. The van der Waals surface area contributed by atoms with Gasteiger partial charge in [-0.25, -0.2) is 0 Å². The number of anilines is 1. The van der Waals surface area contributed by atoms with Gasteiger partial charge >= 0.3 is 5.97 Å². The van der Waals surface area contributed by atoms with E-state index < -0.39 is 18.1 Å². The predicted molar refractivity (Wildman–Crippen MR) is 93.7 cm³/mol. The summed E-state index contributed by atoms with van der Waals surface area (Å²) in [7, 11) is 0. The molecule has 126 valence electrons. The highest BCUT2D eigenvalue weighted by Crippen LogP contribution is 2.18. The molecular formula is C19H22N2O3. The van der Waals surface area contributed by atoms with Crippen LogP contribution in [0.2, 0.25) is 0 Å². The molecule has 0 saturated carbocycles. The molecule has 2 unspecified atom stereocenters. The molecule has 0 spiro atoms. The highest BCUT2D eigenvalue weighted by molar-refractivity contribution is 5.95. The molecule has 0 aromatic heterocycles. The summed E-state index contributed by atoms with van der Waals surface area (Å²) in [5, 5.41) is 15.2. The smallest absolute Gasteiger partial charge is 0.320 e. The number of benzene rings is 2. The van der Waals surface area contributed by atoms with E-state index in [1.54, 1.807) is 12.1 Å². The molecule has 2 aromatic rings. The molecule has 0 aliphatic rings. The zero-order valence-corrected chi connectivity index (χ0v) is 13.6. The Morgan fingerprint density at radius 2 is 1.58 bits per heavy atom. The van der Waals surface area contributed by atoms with E-state index in [0.717, 1.165) is 5.56 Å². The van der Waals surface area contributed by atoms with Crippen LogP contribution >= 0.6 is 0 Å². The normalized spacial score (nSPS) is 13.0. The average molecular weight is 326 g/mol. The van der Waals surface area contributed by atoms with E-state index in [-0.39, 0.29) is 5.91 Å². The van der Waals surface area contributed by atoms with E-state index in [9.17, 15) is 14.7 Å². The van der Waals surface area contributed by atoms with E-state index in [4.69, 9.17) is 0 Å². The average Bonchev–Trinajstić information content (AvgIpc) is 2.60. The summed E-state index contributed by atoms with van der Waals surface area (Å²) < 4.78 is 0. The van der Waals surface area contributed by atoms with E-state index >= 15 is 0 Å². The number of rotatable bonds is 8. The Morgan fingerprint density at radius 3 is 2.12 bits per heavy atom. The summed E-state index contributed by atoms with van der Waals surface area (Å²) in [6, 6.07) is 16.7. The molecule has 3 N–H and O–H groups in total. The van der Waals surface area contributed by atoms with Crippen LogP contribution in [0.3, 0.4) is 0 Å². The molecule has 0 heterocycles. The topological polar surface area (TPSA) is 78.4 Å². The first-order chi connectivity index (χ1) is 11.6. The molecule has 5 nitrogen and oxygen atoms in total. The quantitative estimate of drug-likeness (QED) is 0.696. The number of hydrogen-bond donors (Lipinski definition) is 3. The van der Waals surface area contributed by atoms with Crippen LogP contribution in [0, 0.1) is 0 Å². The maximum absolute atomic E-state index is 12.7. The zero-order chi connectivity index (χ0) is 17.4. The van der Waals surface area contributed by atoms with Crippen LogP contribution in [-0.4, -0.2) is 23.0 Å². The second-order valence-electron chi connectivity index (χ2n) is 5.55. The van der Waals surface area contributed by atoms with Gasteiger partial charge in [-0.05, 0) is 24.1 Å². The van der Waals surface area contributed by atoms with Crippen LogP contribution < -0.4 is 10.6 Å². The van der Waals surface area contributed by atoms with Gasteiger partial charge in [-0.1, -0.05) is 61.9 Å². The third-order valence-corrected chi connectivity index (χ3v) is 3.68. The fourth-order valence-electron chi connectivity index (χ4n) is 2.47. The summed E-state index contributed by atoms with van der Waals surface area (Å²) in [6.45, 7) is 1.92. The number of carboxylic acids is 1. The van der Waals surface area contributed by atoms with Gasteiger partial charge in [0.05, 0.1) is 0 Å². The Labute approximate surface area is 141 Å². The monoisotopic (exact) mass is 326 g/mol. The molecule has 1 amide bonds. The van der Waals surface area contributed by atoms with Gasteiger partial charge in [0, 0.05) is 5.69 Å². The minimum absolute atomic E-state index is 0.283. The Bertz CT molecular complexity index is 659. The SMILES string of the molecule is CCCC(NC(C(=O)Nc1ccccc1)c1ccccc1)C(=O)O. The minimum atomic E-state index is -0.953. The molecule has 0 saturated heterocycles. The molecule has 2 aromatic carbocycles. The maximum atomic E-state index is 12.7. The van der Waals surface area contributed by atoms with Crippen molar-refractivity contribution in [2.75, 3.05) is 5.32 Å². The number of hydrogen-bond acceptors (Lipinski definition) is 3. The largest absolute Gasteiger partial charge is 0.480 e. The standard InChI is InChI=1S/C19H22N2O3/c1-2-9-16(19(23)24)21-17(14-10-5-3-6-11-14)18(22)20-15-12-7-4-8-13-15/h3-8,10-13,16-17,21H,2,9H2,1H3,(H,20,22)(H,23,24). The van der Waals surface area contributed by atoms with Gasteiger partial charge in [0.15, 0.2) is 0 Å². The fourth-order valence-corrected chi connectivity index (χ4v) is 2.47. The number of nitrogens with one attached hydrogen (secondary N) is 2. The van der Waals surface area contributed by atoms with Crippen LogP contribution in [0.15, 0.2) is 60.7 Å². The second kappa shape index (κ2) is 8.84. The highest BCUT2D eigenvalue weighted by atomic mass is 16.4. The van der Waals surface area contributed by atoms with Crippen molar-refractivity contribution >= 4 is 17.6 Å². The van der Waals surface area contributed by atoms with Crippen LogP contribution in [0.25, 0.3) is 0 Å². The van der Waals surface area contributed by atoms with E-state index in [2.05, 4.69) is 10.6 Å². The lowest BCUT2D eigenvalue weighted by molar-refractivity contribution is -0.140. The van der Waals surface area contributed by atoms with Crippen molar-refractivity contribution in [3.8, 4) is 0 Å². The van der Waals surface area contributed by atoms with Gasteiger partial charge in [-0.15, -0.1) is 0 Å². The van der Waals surface area contributed by atoms with Crippen molar-refractivity contribution in [1.82, 2.24) is 5.32 Å². The van der Waals surface area contributed by atoms with Gasteiger partial charge in [0.25, 0.3) is 0 Å². The lowest BCUT2D eigenvalue weighted by atomic mass is 10.0. The third-order valence-electron chi connectivity index (χ3n) is 3.68. The van der Waals surface area contributed by atoms with Crippen LogP contribution in [0.5, 0.6) is 0 Å². The Kier molecular flexibility index (Phi) is 6.51. The van der Waals surface area contributed by atoms with E-state index in [0.29, 0.717) is 18.5 Å².